The number of nitrogens with one attached hydrogen (secondary N) is 2. The molecular weight excluding hydrogens is 304 g/mol. The van der Waals surface area contributed by atoms with Crippen LogP contribution in [0.25, 0.3) is 5.69 Å². The number of carbonyl (C=O) groups is 1. The molecule has 7 heteroatoms. The maximum absolute atomic E-state index is 11.9. The molecule has 0 aliphatic rings. The minimum atomic E-state index is -0.0231. The van der Waals surface area contributed by atoms with Crippen molar-refractivity contribution in [3.8, 4) is 5.69 Å². The summed E-state index contributed by atoms with van der Waals surface area (Å²) >= 11 is 0. The predicted molar refractivity (Wildman–Crippen MR) is 90.5 cm³/mol. The van der Waals surface area contributed by atoms with Crippen LogP contribution in [0, 0.1) is 0 Å². The summed E-state index contributed by atoms with van der Waals surface area (Å²) in [5.41, 5.74) is 1.94. The van der Waals surface area contributed by atoms with E-state index in [1.165, 1.54) is 0 Å². The number of anilines is 1. The Bertz CT molecular complexity index is 772. The summed E-state index contributed by atoms with van der Waals surface area (Å²) in [6.45, 7) is 0.981. The predicted octanol–water partition coefficient (Wildman–Crippen LogP) is 1.78. The maximum atomic E-state index is 11.9. The standard InChI is InChI=1S/C17H18N6O/c24-16(19-13-14-7-3-1-4-8-14)11-12-18-17-20-21-22-23(17)15-9-5-2-6-10-15/h1-10H,11-13H2,(H,19,24)(H,18,20,22). The summed E-state index contributed by atoms with van der Waals surface area (Å²) in [6, 6.07) is 19.4. The molecule has 0 aliphatic carbocycles. The molecule has 0 saturated carbocycles. The third-order valence-electron chi connectivity index (χ3n) is 3.44. The number of carbonyl (C=O) groups excluding carboxylic acids is 1. The Labute approximate surface area is 139 Å². The molecule has 0 fully saturated rings. The van der Waals surface area contributed by atoms with Gasteiger partial charge >= 0.3 is 0 Å². The van der Waals surface area contributed by atoms with E-state index in [1.54, 1.807) is 4.68 Å². The molecule has 24 heavy (non-hydrogen) atoms. The van der Waals surface area contributed by atoms with Crippen molar-refractivity contribution < 1.29 is 4.79 Å². The Morgan fingerprint density at radius 3 is 2.46 bits per heavy atom. The van der Waals surface area contributed by atoms with E-state index in [-0.39, 0.29) is 5.91 Å². The van der Waals surface area contributed by atoms with E-state index in [0.717, 1.165) is 11.3 Å². The van der Waals surface area contributed by atoms with Gasteiger partial charge in [0.1, 0.15) is 0 Å². The molecule has 0 atom stereocenters. The van der Waals surface area contributed by atoms with E-state index in [2.05, 4.69) is 26.2 Å². The van der Waals surface area contributed by atoms with E-state index in [9.17, 15) is 4.79 Å². The Morgan fingerprint density at radius 2 is 1.71 bits per heavy atom. The SMILES string of the molecule is O=C(CCNc1nnnn1-c1ccccc1)NCc1ccccc1. The molecule has 1 aromatic heterocycles. The first-order valence-electron chi connectivity index (χ1n) is 7.71. The largest absolute Gasteiger partial charge is 0.352 e. The molecule has 1 amide bonds. The van der Waals surface area contributed by atoms with Crippen LogP contribution in [0.3, 0.4) is 0 Å². The molecule has 1 heterocycles. The van der Waals surface area contributed by atoms with Crippen LogP contribution in [0.2, 0.25) is 0 Å². The minimum Gasteiger partial charge on any atom is -0.352 e. The third-order valence-corrected chi connectivity index (χ3v) is 3.44. The van der Waals surface area contributed by atoms with Crippen LogP contribution in [0.4, 0.5) is 5.95 Å². The molecule has 0 bridgehead atoms. The topological polar surface area (TPSA) is 84.7 Å². The van der Waals surface area contributed by atoms with Crippen molar-refractivity contribution in [2.45, 2.75) is 13.0 Å². The summed E-state index contributed by atoms with van der Waals surface area (Å²) in [5.74, 6) is 0.488. The second-order valence-corrected chi connectivity index (χ2v) is 5.19. The van der Waals surface area contributed by atoms with Gasteiger partial charge in [-0.2, -0.15) is 4.68 Å². The Morgan fingerprint density at radius 1 is 1.00 bits per heavy atom. The van der Waals surface area contributed by atoms with Gasteiger partial charge in [0.25, 0.3) is 0 Å². The molecule has 0 radical (unpaired) electrons. The van der Waals surface area contributed by atoms with Crippen molar-refractivity contribution >= 4 is 11.9 Å². The number of hydrogen-bond donors (Lipinski definition) is 2. The van der Waals surface area contributed by atoms with Crippen molar-refractivity contribution in [3.63, 3.8) is 0 Å². The number of aromatic nitrogens is 4. The van der Waals surface area contributed by atoms with Gasteiger partial charge in [0.2, 0.25) is 11.9 Å². The van der Waals surface area contributed by atoms with Gasteiger partial charge in [-0.3, -0.25) is 4.79 Å². The highest BCUT2D eigenvalue weighted by Gasteiger charge is 2.08. The zero-order chi connectivity index (χ0) is 16.6. The highest BCUT2D eigenvalue weighted by molar-refractivity contribution is 5.76. The van der Waals surface area contributed by atoms with Crippen molar-refractivity contribution in [1.82, 2.24) is 25.5 Å². The molecule has 2 aromatic carbocycles. The Kier molecular flexibility index (Phi) is 5.14. The molecule has 2 N–H and O–H groups in total. The van der Waals surface area contributed by atoms with Crippen LogP contribution in [0.15, 0.2) is 60.7 Å². The zero-order valence-electron chi connectivity index (χ0n) is 13.1. The van der Waals surface area contributed by atoms with Gasteiger partial charge in [0, 0.05) is 19.5 Å². The first-order valence-corrected chi connectivity index (χ1v) is 7.71. The molecule has 0 spiro atoms. The molecule has 122 valence electrons. The summed E-state index contributed by atoms with van der Waals surface area (Å²) in [5, 5.41) is 17.5. The molecule has 0 saturated heterocycles. The lowest BCUT2D eigenvalue weighted by Gasteiger charge is -2.08. The quantitative estimate of drug-likeness (QED) is 0.692. The molecule has 3 aromatic rings. The fourth-order valence-electron chi connectivity index (χ4n) is 2.21. The van der Waals surface area contributed by atoms with E-state index in [1.807, 2.05) is 60.7 Å². The highest BCUT2D eigenvalue weighted by Crippen LogP contribution is 2.10. The van der Waals surface area contributed by atoms with Gasteiger partial charge in [-0.1, -0.05) is 53.6 Å². The number of rotatable bonds is 7. The summed E-state index contributed by atoms with van der Waals surface area (Å²) in [6.07, 6.45) is 0.342. The van der Waals surface area contributed by atoms with E-state index in [4.69, 9.17) is 0 Å². The van der Waals surface area contributed by atoms with Crippen molar-refractivity contribution in [1.29, 1.82) is 0 Å². The van der Waals surface area contributed by atoms with Crippen LogP contribution in [0.1, 0.15) is 12.0 Å². The molecular formula is C17H18N6O. The number of nitrogens with zero attached hydrogens (tertiary/aromatic N) is 4. The van der Waals surface area contributed by atoms with Crippen molar-refractivity contribution in [2.24, 2.45) is 0 Å². The summed E-state index contributed by atoms with van der Waals surface area (Å²) < 4.78 is 1.60. The second-order valence-electron chi connectivity index (χ2n) is 5.19. The van der Waals surface area contributed by atoms with Gasteiger partial charge in [-0.05, 0) is 28.1 Å². The number of hydrogen-bond acceptors (Lipinski definition) is 5. The van der Waals surface area contributed by atoms with E-state index < -0.39 is 0 Å². The minimum absolute atomic E-state index is 0.0231. The average molecular weight is 322 g/mol. The average Bonchev–Trinajstić information content (AvgIpc) is 3.10. The van der Waals surface area contributed by atoms with E-state index >= 15 is 0 Å². The van der Waals surface area contributed by atoms with Crippen molar-refractivity contribution in [3.05, 3.63) is 66.2 Å². The van der Waals surface area contributed by atoms with E-state index in [0.29, 0.717) is 25.5 Å². The molecule has 0 aliphatic heterocycles. The summed E-state index contributed by atoms with van der Waals surface area (Å²) in [7, 11) is 0. The van der Waals surface area contributed by atoms with Crippen LogP contribution in [0.5, 0.6) is 0 Å². The van der Waals surface area contributed by atoms with Gasteiger partial charge < -0.3 is 10.6 Å². The Balaban J connectivity index is 1.47. The number of benzene rings is 2. The molecule has 7 nitrogen and oxygen atoms in total. The lowest BCUT2D eigenvalue weighted by atomic mass is 10.2. The van der Waals surface area contributed by atoms with Crippen LogP contribution >= 0.6 is 0 Å². The fourth-order valence-corrected chi connectivity index (χ4v) is 2.21. The van der Waals surface area contributed by atoms with Gasteiger partial charge in [-0.15, -0.1) is 0 Å². The first-order chi connectivity index (χ1) is 11.8. The van der Waals surface area contributed by atoms with Crippen LogP contribution in [-0.4, -0.2) is 32.7 Å². The lowest BCUT2D eigenvalue weighted by molar-refractivity contribution is -0.121. The van der Waals surface area contributed by atoms with Crippen LogP contribution < -0.4 is 10.6 Å². The van der Waals surface area contributed by atoms with Crippen LogP contribution in [-0.2, 0) is 11.3 Å². The van der Waals surface area contributed by atoms with Gasteiger partial charge in [0.05, 0.1) is 5.69 Å². The van der Waals surface area contributed by atoms with Gasteiger partial charge in [-0.25, -0.2) is 0 Å². The van der Waals surface area contributed by atoms with Gasteiger partial charge in [0.15, 0.2) is 0 Å². The number of para-hydroxylation sites is 1. The zero-order valence-corrected chi connectivity index (χ0v) is 13.1. The maximum Gasteiger partial charge on any atom is 0.247 e. The molecule has 0 unspecified atom stereocenters. The second kappa shape index (κ2) is 7.87. The monoisotopic (exact) mass is 322 g/mol. The van der Waals surface area contributed by atoms with Crippen molar-refractivity contribution in [2.75, 3.05) is 11.9 Å². The smallest absolute Gasteiger partial charge is 0.247 e. The molecule has 3 rings (SSSR count). The number of amides is 1. The Hall–Kier alpha value is -3.22. The summed E-state index contributed by atoms with van der Waals surface area (Å²) in [4.78, 5) is 11.9. The normalized spacial score (nSPS) is 10.3. The fraction of sp³-hybridized carbons (Fsp3) is 0.176. The number of tetrazole rings is 1. The third kappa shape index (κ3) is 4.16. The first kappa shape index (κ1) is 15.7. The lowest BCUT2D eigenvalue weighted by Crippen LogP contribution is -2.25. The highest BCUT2D eigenvalue weighted by atomic mass is 16.1.